The van der Waals surface area contributed by atoms with E-state index in [0.717, 1.165) is 35.2 Å². The van der Waals surface area contributed by atoms with E-state index in [2.05, 4.69) is 17.8 Å². The fourth-order valence-electron chi connectivity index (χ4n) is 3.32. The maximum Gasteiger partial charge on any atom is 0.279 e. The highest BCUT2D eigenvalue weighted by molar-refractivity contribution is 7.16. The first-order valence-corrected chi connectivity index (χ1v) is 11.2. The molecule has 2 heterocycles. The van der Waals surface area contributed by atoms with Gasteiger partial charge in [0, 0.05) is 17.7 Å². The molecule has 2 aromatic carbocycles. The quantitative estimate of drug-likeness (QED) is 0.406. The van der Waals surface area contributed by atoms with Crippen molar-refractivity contribution in [1.29, 1.82) is 0 Å². The Morgan fingerprint density at radius 2 is 1.94 bits per heavy atom. The van der Waals surface area contributed by atoms with E-state index in [1.165, 1.54) is 11.3 Å². The van der Waals surface area contributed by atoms with Gasteiger partial charge >= 0.3 is 0 Å². The number of hydrogen-bond donors (Lipinski definition) is 0. The van der Waals surface area contributed by atoms with Crippen molar-refractivity contribution in [2.24, 2.45) is 4.99 Å². The smallest absolute Gasteiger partial charge is 0.279 e. The van der Waals surface area contributed by atoms with Crippen LogP contribution in [0, 0.1) is 12.3 Å². The second kappa shape index (κ2) is 9.71. The molecule has 0 saturated carbocycles. The van der Waals surface area contributed by atoms with Gasteiger partial charge in [-0.2, -0.15) is 4.99 Å². The van der Waals surface area contributed by atoms with Crippen LogP contribution in [-0.4, -0.2) is 30.3 Å². The molecule has 160 valence electrons. The predicted molar refractivity (Wildman–Crippen MR) is 121 cm³/mol. The van der Waals surface area contributed by atoms with Gasteiger partial charge in [-0.25, -0.2) is 0 Å². The van der Waals surface area contributed by atoms with Crippen LogP contribution in [0.25, 0.3) is 10.2 Å². The van der Waals surface area contributed by atoms with E-state index in [9.17, 15) is 4.79 Å². The molecule has 3 aromatic rings. The molecule has 6 nitrogen and oxygen atoms in total. The maximum absolute atomic E-state index is 12.8. The highest BCUT2D eigenvalue weighted by atomic mass is 32.1. The van der Waals surface area contributed by atoms with Gasteiger partial charge in [-0.1, -0.05) is 37.0 Å². The Bertz CT molecular complexity index is 1190. The van der Waals surface area contributed by atoms with Crippen LogP contribution in [0.3, 0.4) is 0 Å². The second-order valence-corrected chi connectivity index (χ2v) is 8.14. The Hall–Kier alpha value is -3.24. The van der Waals surface area contributed by atoms with Gasteiger partial charge in [0.15, 0.2) is 16.3 Å². The average Bonchev–Trinajstić information content (AvgIpc) is 3.11. The first kappa shape index (κ1) is 21.0. The van der Waals surface area contributed by atoms with Crippen LogP contribution in [-0.2, 0) is 6.54 Å². The Morgan fingerprint density at radius 3 is 2.65 bits per heavy atom. The van der Waals surface area contributed by atoms with Gasteiger partial charge in [0.05, 0.1) is 23.4 Å². The van der Waals surface area contributed by atoms with Crippen molar-refractivity contribution in [2.45, 2.75) is 32.7 Å². The fraction of sp³-hybridized carbons (Fsp3) is 0.333. The molecule has 0 spiro atoms. The normalized spacial score (nSPS) is 13.2. The zero-order valence-electron chi connectivity index (χ0n) is 17.4. The first-order chi connectivity index (χ1) is 15.2. The minimum Gasteiger partial charge on any atom is -0.494 e. The number of rotatable bonds is 7. The standard InChI is InChI=1S/C24H24N2O4S/c1-3-5-6-12-28-18-9-7-17(8-10-18)23(27)25-24-26(11-4-2)19-15-20-21(16-22(19)31-24)30-14-13-29-20/h2,7-10,15-16H,3,5-6,11-14H2,1H3. The monoisotopic (exact) mass is 436 g/mol. The van der Waals surface area contributed by atoms with Crippen molar-refractivity contribution >= 4 is 27.5 Å². The number of unbranched alkanes of at least 4 members (excludes halogenated alkanes) is 2. The minimum atomic E-state index is -0.327. The number of carbonyl (C=O) groups excluding carboxylic acids is 1. The third kappa shape index (κ3) is 4.75. The van der Waals surface area contributed by atoms with Crippen LogP contribution in [0.2, 0.25) is 0 Å². The molecule has 31 heavy (non-hydrogen) atoms. The van der Waals surface area contributed by atoms with Crippen molar-refractivity contribution < 1.29 is 19.0 Å². The first-order valence-electron chi connectivity index (χ1n) is 10.4. The Kier molecular flexibility index (Phi) is 6.58. The van der Waals surface area contributed by atoms with E-state index in [-0.39, 0.29) is 5.91 Å². The number of nitrogens with zero attached hydrogens (tertiary/aromatic N) is 2. The molecule has 0 saturated heterocycles. The summed E-state index contributed by atoms with van der Waals surface area (Å²) >= 11 is 1.40. The molecule has 0 fully saturated rings. The Labute approximate surface area is 185 Å². The number of amides is 1. The summed E-state index contributed by atoms with van der Waals surface area (Å²) in [6, 6.07) is 10.9. The summed E-state index contributed by atoms with van der Waals surface area (Å²) in [5, 5.41) is 0. The summed E-state index contributed by atoms with van der Waals surface area (Å²) in [5.41, 5.74) is 1.37. The summed E-state index contributed by atoms with van der Waals surface area (Å²) in [7, 11) is 0. The van der Waals surface area contributed by atoms with E-state index in [1.807, 2.05) is 16.7 Å². The Morgan fingerprint density at radius 1 is 1.19 bits per heavy atom. The number of hydrogen-bond acceptors (Lipinski definition) is 5. The molecule has 0 aliphatic carbocycles. The molecule has 1 amide bonds. The highest BCUT2D eigenvalue weighted by Gasteiger charge is 2.17. The molecule has 1 aliphatic heterocycles. The van der Waals surface area contributed by atoms with Crippen molar-refractivity contribution in [2.75, 3.05) is 19.8 Å². The van der Waals surface area contributed by atoms with Crippen LogP contribution in [0.4, 0.5) is 0 Å². The van der Waals surface area contributed by atoms with Gasteiger partial charge < -0.3 is 18.8 Å². The molecule has 0 unspecified atom stereocenters. The SMILES string of the molecule is C#CCn1c(=NC(=O)c2ccc(OCCCCC)cc2)sc2cc3c(cc21)OCCO3. The molecule has 0 radical (unpaired) electrons. The van der Waals surface area contributed by atoms with E-state index >= 15 is 0 Å². The van der Waals surface area contributed by atoms with Crippen molar-refractivity contribution in [1.82, 2.24) is 4.57 Å². The predicted octanol–water partition coefficient (Wildman–Crippen LogP) is 4.42. The molecule has 0 bridgehead atoms. The van der Waals surface area contributed by atoms with E-state index < -0.39 is 0 Å². The van der Waals surface area contributed by atoms with Crippen molar-refractivity contribution in [3.8, 4) is 29.6 Å². The lowest BCUT2D eigenvalue weighted by atomic mass is 10.2. The summed E-state index contributed by atoms with van der Waals surface area (Å²) < 4.78 is 19.8. The number of aromatic nitrogens is 1. The van der Waals surface area contributed by atoms with Gasteiger partial charge in [0.1, 0.15) is 19.0 Å². The largest absolute Gasteiger partial charge is 0.494 e. The molecule has 1 aromatic heterocycles. The number of terminal acetylenes is 1. The highest BCUT2D eigenvalue weighted by Crippen LogP contribution is 2.35. The van der Waals surface area contributed by atoms with Crippen LogP contribution < -0.4 is 19.0 Å². The number of thiazole rings is 1. The van der Waals surface area contributed by atoms with Gasteiger partial charge in [0.2, 0.25) is 0 Å². The van der Waals surface area contributed by atoms with Gasteiger partial charge in [0.25, 0.3) is 5.91 Å². The summed E-state index contributed by atoms with van der Waals surface area (Å²) in [5.74, 6) is 4.44. The maximum atomic E-state index is 12.8. The number of benzene rings is 2. The van der Waals surface area contributed by atoms with E-state index in [4.69, 9.17) is 20.6 Å². The van der Waals surface area contributed by atoms with Crippen LogP contribution in [0.5, 0.6) is 17.2 Å². The molecule has 0 atom stereocenters. The van der Waals surface area contributed by atoms with Gasteiger partial charge in [-0.3, -0.25) is 4.79 Å². The fourth-order valence-corrected chi connectivity index (χ4v) is 4.36. The van der Waals surface area contributed by atoms with Crippen LogP contribution in [0.15, 0.2) is 41.4 Å². The number of carbonyl (C=O) groups is 1. The van der Waals surface area contributed by atoms with E-state index in [0.29, 0.717) is 48.2 Å². The van der Waals surface area contributed by atoms with Crippen molar-refractivity contribution in [3.63, 3.8) is 0 Å². The summed E-state index contributed by atoms with van der Waals surface area (Å²) in [6.45, 7) is 4.16. The molecule has 4 rings (SSSR count). The van der Waals surface area contributed by atoms with Crippen LogP contribution >= 0.6 is 11.3 Å². The van der Waals surface area contributed by atoms with Crippen LogP contribution in [0.1, 0.15) is 36.5 Å². The summed E-state index contributed by atoms with van der Waals surface area (Å²) in [4.78, 5) is 17.7. The van der Waals surface area contributed by atoms with Gasteiger partial charge in [-0.05, 0) is 30.7 Å². The number of ether oxygens (including phenoxy) is 3. The second-order valence-electron chi connectivity index (χ2n) is 7.14. The molecular weight excluding hydrogens is 412 g/mol. The lowest BCUT2D eigenvalue weighted by Gasteiger charge is -2.18. The zero-order valence-corrected chi connectivity index (χ0v) is 18.2. The topological polar surface area (TPSA) is 62.1 Å². The molecule has 1 aliphatic rings. The zero-order chi connectivity index (χ0) is 21.6. The summed E-state index contributed by atoms with van der Waals surface area (Å²) in [6.07, 6.45) is 8.89. The third-order valence-electron chi connectivity index (χ3n) is 4.91. The molecular formula is C24H24N2O4S. The number of fused-ring (bicyclic) bond motifs is 2. The average molecular weight is 437 g/mol. The minimum absolute atomic E-state index is 0.302. The molecule has 7 heteroatoms. The van der Waals surface area contributed by atoms with E-state index in [1.54, 1.807) is 24.3 Å². The lowest BCUT2D eigenvalue weighted by Crippen LogP contribution is -2.17. The molecule has 0 N–H and O–H groups in total. The lowest BCUT2D eigenvalue weighted by molar-refractivity contribution is 0.0998. The van der Waals surface area contributed by atoms with Crippen molar-refractivity contribution in [3.05, 3.63) is 46.8 Å². The Balaban J connectivity index is 1.61. The van der Waals surface area contributed by atoms with Gasteiger partial charge in [-0.15, -0.1) is 6.42 Å². The third-order valence-corrected chi connectivity index (χ3v) is 5.95.